The van der Waals surface area contributed by atoms with Crippen LogP contribution in [0.15, 0.2) is 15.7 Å². The van der Waals surface area contributed by atoms with Crippen LogP contribution in [0, 0.1) is 6.92 Å². The van der Waals surface area contributed by atoms with Gasteiger partial charge in [0.2, 0.25) is 5.03 Å². The van der Waals surface area contributed by atoms with Crippen molar-refractivity contribution in [3.63, 3.8) is 0 Å². The number of nitrogens with one attached hydrogen (secondary N) is 1. The van der Waals surface area contributed by atoms with Gasteiger partial charge in [-0.25, -0.2) is 4.68 Å². The quantitative estimate of drug-likeness (QED) is 0.877. The van der Waals surface area contributed by atoms with Crippen molar-refractivity contribution in [2.24, 2.45) is 14.1 Å². The van der Waals surface area contributed by atoms with Crippen molar-refractivity contribution in [1.29, 1.82) is 0 Å². The van der Waals surface area contributed by atoms with Gasteiger partial charge in [-0.3, -0.25) is 9.40 Å². The summed E-state index contributed by atoms with van der Waals surface area (Å²) in [6.07, 6.45) is 0. The van der Waals surface area contributed by atoms with Gasteiger partial charge in [-0.1, -0.05) is 5.21 Å². The second kappa shape index (κ2) is 4.35. The molecule has 0 bridgehead atoms. The number of rotatable bonds is 3. The third-order valence-electron chi connectivity index (χ3n) is 2.34. The first-order valence-electron chi connectivity index (χ1n) is 4.90. The van der Waals surface area contributed by atoms with Crippen molar-refractivity contribution in [2.75, 3.05) is 4.72 Å². The van der Waals surface area contributed by atoms with E-state index in [1.165, 1.54) is 11.7 Å². The SMILES string of the molecule is Cc1cc(NS(=O)(=O)c2c(Br)nnn2C)nn1C. The van der Waals surface area contributed by atoms with Crippen molar-refractivity contribution >= 4 is 31.8 Å². The lowest BCUT2D eigenvalue weighted by Gasteiger charge is -2.04. The first-order valence-corrected chi connectivity index (χ1v) is 7.17. The lowest BCUT2D eigenvalue weighted by atomic mass is 10.5. The van der Waals surface area contributed by atoms with E-state index in [0.29, 0.717) is 0 Å². The first kappa shape index (κ1) is 13.0. The molecule has 0 aromatic carbocycles. The van der Waals surface area contributed by atoms with E-state index >= 15 is 0 Å². The Labute approximate surface area is 112 Å². The van der Waals surface area contributed by atoms with Crippen LogP contribution in [0.3, 0.4) is 0 Å². The molecule has 0 saturated heterocycles. The molecule has 0 unspecified atom stereocenters. The molecule has 0 radical (unpaired) electrons. The Morgan fingerprint density at radius 1 is 1.33 bits per heavy atom. The average Bonchev–Trinajstić information content (AvgIpc) is 2.71. The van der Waals surface area contributed by atoms with Crippen LogP contribution in [-0.2, 0) is 24.1 Å². The van der Waals surface area contributed by atoms with E-state index in [1.54, 1.807) is 17.8 Å². The van der Waals surface area contributed by atoms with Gasteiger partial charge < -0.3 is 0 Å². The highest BCUT2D eigenvalue weighted by atomic mass is 79.9. The number of halogens is 1. The zero-order valence-electron chi connectivity index (χ0n) is 9.92. The normalized spacial score (nSPS) is 11.8. The Morgan fingerprint density at radius 2 is 2.00 bits per heavy atom. The number of hydrogen-bond donors (Lipinski definition) is 1. The number of nitrogens with zero attached hydrogens (tertiary/aromatic N) is 5. The van der Waals surface area contributed by atoms with Crippen LogP contribution in [0.2, 0.25) is 0 Å². The highest BCUT2D eigenvalue weighted by molar-refractivity contribution is 9.10. The molecule has 2 aromatic heterocycles. The summed E-state index contributed by atoms with van der Waals surface area (Å²) in [6, 6.07) is 1.63. The Hall–Kier alpha value is -1.42. The largest absolute Gasteiger partial charge is 0.283 e. The van der Waals surface area contributed by atoms with Crippen molar-refractivity contribution < 1.29 is 8.42 Å². The lowest BCUT2D eigenvalue weighted by Crippen LogP contribution is -2.17. The van der Waals surface area contributed by atoms with Crippen molar-refractivity contribution in [1.82, 2.24) is 24.8 Å². The molecule has 8 nitrogen and oxygen atoms in total. The average molecular weight is 335 g/mol. The van der Waals surface area contributed by atoms with Crippen LogP contribution < -0.4 is 4.72 Å². The van der Waals surface area contributed by atoms with Crippen LogP contribution in [0.5, 0.6) is 0 Å². The number of aromatic nitrogens is 5. The van der Waals surface area contributed by atoms with Gasteiger partial charge in [0, 0.05) is 25.9 Å². The topological polar surface area (TPSA) is 94.7 Å². The van der Waals surface area contributed by atoms with Gasteiger partial charge in [0.1, 0.15) is 0 Å². The molecule has 2 heterocycles. The van der Waals surface area contributed by atoms with Crippen molar-refractivity contribution in [3.05, 3.63) is 16.4 Å². The molecular weight excluding hydrogens is 324 g/mol. The molecule has 18 heavy (non-hydrogen) atoms. The summed E-state index contributed by atoms with van der Waals surface area (Å²) < 4.78 is 29.5. The van der Waals surface area contributed by atoms with Crippen molar-refractivity contribution in [2.45, 2.75) is 11.9 Å². The van der Waals surface area contributed by atoms with E-state index in [0.717, 1.165) is 5.69 Å². The number of anilines is 1. The highest BCUT2D eigenvalue weighted by Crippen LogP contribution is 2.20. The Kier molecular flexibility index (Phi) is 3.15. The summed E-state index contributed by atoms with van der Waals surface area (Å²) in [5.74, 6) is 0.253. The second-order valence-corrected chi connectivity index (χ2v) is 6.06. The van der Waals surface area contributed by atoms with Crippen LogP contribution in [-0.4, -0.2) is 33.2 Å². The number of aryl methyl sites for hydroxylation is 3. The molecule has 0 amide bonds. The Bertz CT molecular complexity index is 650. The van der Waals surface area contributed by atoms with Crippen LogP contribution in [0.4, 0.5) is 5.82 Å². The monoisotopic (exact) mass is 334 g/mol. The molecule has 0 atom stereocenters. The van der Waals surface area contributed by atoms with E-state index in [4.69, 9.17) is 0 Å². The van der Waals surface area contributed by atoms with E-state index in [2.05, 4.69) is 36.1 Å². The van der Waals surface area contributed by atoms with Gasteiger partial charge in [-0.05, 0) is 22.9 Å². The standard InChI is InChI=1S/C8H11BrN6O2S/c1-5-4-6(11-14(5)2)12-18(16,17)8-7(9)10-13-15(8)3/h4H,1-3H3,(H,11,12). The van der Waals surface area contributed by atoms with Crippen LogP contribution in [0.25, 0.3) is 0 Å². The fraction of sp³-hybridized carbons (Fsp3) is 0.375. The van der Waals surface area contributed by atoms with E-state index in [9.17, 15) is 8.42 Å². The van der Waals surface area contributed by atoms with E-state index in [1.807, 2.05) is 6.92 Å². The van der Waals surface area contributed by atoms with E-state index in [-0.39, 0.29) is 15.4 Å². The summed E-state index contributed by atoms with van der Waals surface area (Å²) in [5, 5.41) is 11.2. The summed E-state index contributed by atoms with van der Waals surface area (Å²) in [7, 11) is -0.543. The molecule has 0 aliphatic heterocycles. The van der Waals surface area contributed by atoms with Crippen LogP contribution >= 0.6 is 15.9 Å². The molecule has 0 aliphatic carbocycles. The zero-order valence-corrected chi connectivity index (χ0v) is 12.3. The summed E-state index contributed by atoms with van der Waals surface area (Å²) >= 11 is 3.05. The van der Waals surface area contributed by atoms with Crippen LogP contribution in [0.1, 0.15) is 5.69 Å². The summed E-state index contributed by atoms with van der Waals surface area (Å²) in [6.45, 7) is 1.83. The fourth-order valence-corrected chi connectivity index (χ4v) is 3.49. The zero-order chi connectivity index (χ0) is 13.5. The van der Waals surface area contributed by atoms with Gasteiger partial charge in [-0.2, -0.15) is 13.5 Å². The second-order valence-electron chi connectivity index (χ2n) is 3.71. The maximum absolute atomic E-state index is 12.1. The third-order valence-corrected chi connectivity index (χ3v) is 4.59. The van der Waals surface area contributed by atoms with E-state index < -0.39 is 10.0 Å². The molecule has 0 aliphatic rings. The fourth-order valence-electron chi connectivity index (χ4n) is 1.40. The van der Waals surface area contributed by atoms with Crippen molar-refractivity contribution in [3.8, 4) is 0 Å². The van der Waals surface area contributed by atoms with Gasteiger partial charge in [-0.15, -0.1) is 5.10 Å². The molecule has 2 aromatic rings. The molecule has 0 saturated carbocycles. The minimum Gasteiger partial charge on any atom is -0.271 e. The minimum atomic E-state index is -3.77. The molecular formula is C8H11BrN6O2S. The third kappa shape index (κ3) is 2.25. The molecule has 1 N–H and O–H groups in total. The van der Waals surface area contributed by atoms with Gasteiger partial charge in [0.25, 0.3) is 10.0 Å². The summed E-state index contributed by atoms with van der Waals surface area (Å²) in [4.78, 5) is 0. The van der Waals surface area contributed by atoms with Gasteiger partial charge >= 0.3 is 0 Å². The summed E-state index contributed by atoms with van der Waals surface area (Å²) in [5.41, 5.74) is 0.842. The minimum absolute atomic E-state index is 0.0502. The molecule has 10 heteroatoms. The molecule has 2 rings (SSSR count). The predicted molar refractivity (Wildman–Crippen MR) is 67.5 cm³/mol. The predicted octanol–water partition coefficient (Wildman–Crippen LogP) is 0.420. The maximum atomic E-state index is 12.1. The Morgan fingerprint density at radius 3 is 2.44 bits per heavy atom. The first-order chi connectivity index (χ1) is 8.31. The number of sulfonamides is 1. The Balaban J connectivity index is 2.39. The number of hydrogen-bond acceptors (Lipinski definition) is 5. The lowest BCUT2D eigenvalue weighted by molar-refractivity contribution is 0.578. The smallest absolute Gasteiger partial charge is 0.271 e. The van der Waals surface area contributed by atoms with Gasteiger partial charge in [0.05, 0.1) is 0 Å². The van der Waals surface area contributed by atoms with Gasteiger partial charge in [0.15, 0.2) is 10.4 Å². The molecule has 0 fully saturated rings. The highest BCUT2D eigenvalue weighted by Gasteiger charge is 2.24. The maximum Gasteiger partial charge on any atom is 0.283 e. The molecule has 0 spiro atoms. The molecule has 98 valence electrons.